The Kier molecular flexibility index (Phi) is 2.33. The lowest BCUT2D eigenvalue weighted by Gasteiger charge is -2.28. The van der Waals surface area contributed by atoms with Gasteiger partial charge in [0.05, 0.1) is 17.4 Å². The molecule has 1 rings (SSSR count). The monoisotopic (exact) mass is 165 g/mol. The van der Waals surface area contributed by atoms with Crippen LogP contribution < -0.4 is 5.06 Å². The van der Waals surface area contributed by atoms with Crippen molar-refractivity contribution in [3.8, 4) is 0 Å². The molecule has 0 atom stereocenters. The summed E-state index contributed by atoms with van der Waals surface area (Å²) in [6, 6.07) is 3.51. The number of anilines is 1. The van der Waals surface area contributed by atoms with E-state index in [2.05, 4.69) is 4.98 Å². The number of hydrogen-bond donors (Lipinski definition) is 0. The van der Waals surface area contributed by atoms with Crippen molar-refractivity contribution in [3.05, 3.63) is 24.5 Å². The summed E-state index contributed by atoms with van der Waals surface area (Å²) in [5, 5.41) is 12.5. The normalized spacial score (nSPS) is 11.3. The van der Waals surface area contributed by atoms with Crippen LogP contribution in [0.25, 0.3) is 0 Å². The second-order valence-electron chi connectivity index (χ2n) is 3.68. The number of rotatable bonds is 1. The molecule has 0 N–H and O–H groups in total. The molecule has 0 fully saturated rings. The average Bonchev–Trinajstić information content (AvgIpc) is 2.03. The average molecular weight is 165 g/mol. The third-order valence-corrected chi connectivity index (χ3v) is 1.49. The first-order chi connectivity index (χ1) is 5.52. The first kappa shape index (κ1) is 9.00. The van der Waals surface area contributed by atoms with Gasteiger partial charge in [0, 0.05) is 6.20 Å². The van der Waals surface area contributed by atoms with E-state index in [1.807, 2.05) is 20.8 Å². The van der Waals surface area contributed by atoms with Crippen molar-refractivity contribution < 1.29 is 5.21 Å². The summed E-state index contributed by atoms with van der Waals surface area (Å²) >= 11 is 0. The lowest BCUT2D eigenvalue weighted by molar-refractivity contribution is 0.102. The highest BCUT2D eigenvalue weighted by molar-refractivity contribution is 5.42. The molecule has 65 valence electrons. The summed E-state index contributed by atoms with van der Waals surface area (Å²) in [6.45, 7) is 5.60. The molecule has 3 nitrogen and oxygen atoms in total. The van der Waals surface area contributed by atoms with Gasteiger partial charge in [0.1, 0.15) is 0 Å². The molecule has 3 heteroatoms. The lowest BCUT2D eigenvalue weighted by atomic mass is 10.1. The van der Waals surface area contributed by atoms with Crippen LogP contribution >= 0.6 is 0 Å². The maximum atomic E-state index is 11.5. The van der Waals surface area contributed by atoms with Crippen molar-refractivity contribution in [2.75, 3.05) is 5.06 Å². The third kappa shape index (κ3) is 1.95. The van der Waals surface area contributed by atoms with Crippen LogP contribution in [-0.4, -0.2) is 10.5 Å². The standard InChI is InChI=1S/C9H13N2O/c1-9(2,3)11(12)8-5-4-6-10-7-8/h4-7H,1-3H3. The van der Waals surface area contributed by atoms with E-state index in [-0.39, 0.29) is 0 Å². The SMILES string of the molecule is CC(C)(C)N([O])c1cccnc1. The topological polar surface area (TPSA) is 36.0 Å². The van der Waals surface area contributed by atoms with Gasteiger partial charge < -0.3 is 0 Å². The molecular formula is C9H13N2O. The summed E-state index contributed by atoms with van der Waals surface area (Å²) in [5.74, 6) is 0. The second kappa shape index (κ2) is 3.11. The van der Waals surface area contributed by atoms with Gasteiger partial charge in [-0.25, -0.2) is 5.06 Å². The molecule has 1 aromatic heterocycles. The maximum Gasteiger partial charge on any atom is 0.0857 e. The van der Waals surface area contributed by atoms with Crippen LogP contribution in [0.3, 0.4) is 0 Å². The van der Waals surface area contributed by atoms with Crippen molar-refractivity contribution in [2.45, 2.75) is 26.3 Å². The molecule has 12 heavy (non-hydrogen) atoms. The van der Waals surface area contributed by atoms with Gasteiger partial charge in [-0.05, 0) is 32.9 Å². The molecule has 0 bridgehead atoms. The highest BCUT2D eigenvalue weighted by Crippen LogP contribution is 2.19. The van der Waals surface area contributed by atoms with Crippen LogP contribution in [0.5, 0.6) is 0 Å². The Labute approximate surface area is 72.6 Å². The molecule has 0 aliphatic heterocycles. The van der Waals surface area contributed by atoms with Gasteiger partial charge in [0.25, 0.3) is 0 Å². The highest BCUT2D eigenvalue weighted by atomic mass is 16.5. The molecule has 1 heterocycles. The molecule has 0 saturated carbocycles. The Morgan fingerprint density at radius 3 is 2.50 bits per heavy atom. The Morgan fingerprint density at radius 1 is 1.42 bits per heavy atom. The van der Waals surface area contributed by atoms with Crippen molar-refractivity contribution in [1.82, 2.24) is 4.98 Å². The fourth-order valence-electron chi connectivity index (χ4n) is 0.861. The van der Waals surface area contributed by atoms with E-state index in [0.29, 0.717) is 5.69 Å². The van der Waals surface area contributed by atoms with Crippen molar-refractivity contribution in [2.24, 2.45) is 0 Å². The van der Waals surface area contributed by atoms with Crippen LogP contribution in [0, 0.1) is 0 Å². The van der Waals surface area contributed by atoms with Crippen molar-refractivity contribution in [3.63, 3.8) is 0 Å². The Balaban J connectivity index is 2.86. The van der Waals surface area contributed by atoms with Crippen LogP contribution in [0.15, 0.2) is 24.5 Å². The lowest BCUT2D eigenvalue weighted by Crippen LogP contribution is -2.37. The largest absolute Gasteiger partial charge is 0.262 e. The van der Waals surface area contributed by atoms with E-state index in [4.69, 9.17) is 0 Å². The summed E-state index contributed by atoms with van der Waals surface area (Å²) < 4.78 is 0. The van der Waals surface area contributed by atoms with Gasteiger partial charge in [0.2, 0.25) is 0 Å². The molecule has 0 spiro atoms. The predicted molar refractivity (Wildman–Crippen MR) is 47.2 cm³/mol. The summed E-state index contributed by atoms with van der Waals surface area (Å²) in [7, 11) is 0. The zero-order valence-electron chi connectivity index (χ0n) is 7.61. The van der Waals surface area contributed by atoms with E-state index >= 15 is 0 Å². The predicted octanol–water partition coefficient (Wildman–Crippen LogP) is 2.03. The van der Waals surface area contributed by atoms with E-state index < -0.39 is 5.54 Å². The van der Waals surface area contributed by atoms with Gasteiger partial charge in [-0.3, -0.25) is 4.98 Å². The van der Waals surface area contributed by atoms with Gasteiger partial charge in [-0.2, -0.15) is 0 Å². The summed E-state index contributed by atoms with van der Waals surface area (Å²) in [6.07, 6.45) is 3.22. The minimum absolute atomic E-state index is 0.400. The van der Waals surface area contributed by atoms with Crippen molar-refractivity contribution in [1.29, 1.82) is 0 Å². The molecule has 0 aromatic carbocycles. The molecule has 0 unspecified atom stereocenters. The van der Waals surface area contributed by atoms with Crippen LogP contribution in [0.1, 0.15) is 20.8 Å². The molecule has 1 aromatic rings. The first-order valence-electron chi connectivity index (χ1n) is 3.89. The number of hydrogen-bond acceptors (Lipinski definition) is 2. The zero-order chi connectivity index (χ0) is 9.19. The molecule has 0 amide bonds. The van der Waals surface area contributed by atoms with Crippen LogP contribution in [0.4, 0.5) is 5.69 Å². The number of hydroxylamine groups is 1. The Bertz CT molecular complexity index is 240. The molecule has 0 saturated heterocycles. The van der Waals surface area contributed by atoms with Gasteiger partial charge in [-0.15, -0.1) is 0 Å². The zero-order valence-corrected chi connectivity index (χ0v) is 7.61. The van der Waals surface area contributed by atoms with Crippen LogP contribution in [0.2, 0.25) is 0 Å². The Hall–Kier alpha value is -1.09. The molecule has 0 aliphatic carbocycles. The van der Waals surface area contributed by atoms with Crippen LogP contribution in [-0.2, 0) is 5.21 Å². The fraction of sp³-hybridized carbons (Fsp3) is 0.444. The smallest absolute Gasteiger partial charge is 0.0857 e. The number of nitrogens with zero attached hydrogens (tertiary/aromatic N) is 2. The first-order valence-corrected chi connectivity index (χ1v) is 3.89. The molecular weight excluding hydrogens is 152 g/mol. The fourth-order valence-corrected chi connectivity index (χ4v) is 0.861. The van der Waals surface area contributed by atoms with Crippen molar-refractivity contribution >= 4 is 5.69 Å². The molecule has 0 aliphatic rings. The highest BCUT2D eigenvalue weighted by Gasteiger charge is 2.21. The molecule has 1 radical (unpaired) electrons. The van der Waals surface area contributed by atoms with E-state index in [1.54, 1.807) is 24.5 Å². The van der Waals surface area contributed by atoms with Gasteiger partial charge in [-0.1, -0.05) is 5.21 Å². The third-order valence-electron chi connectivity index (χ3n) is 1.49. The summed E-state index contributed by atoms with van der Waals surface area (Å²) in [4.78, 5) is 3.88. The number of aromatic nitrogens is 1. The minimum atomic E-state index is -0.400. The van der Waals surface area contributed by atoms with Gasteiger partial charge in [0.15, 0.2) is 0 Å². The van der Waals surface area contributed by atoms with Gasteiger partial charge >= 0.3 is 0 Å². The van der Waals surface area contributed by atoms with E-state index in [9.17, 15) is 5.21 Å². The Morgan fingerprint density at radius 2 is 2.08 bits per heavy atom. The van der Waals surface area contributed by atoms with E-state index in [1.165, 1.54) is 0 Å². The number of pyridine rings is 1. The summed E-state index contributed by atoms with van der Waals surface area (Å²) in [5.41, 5.74) is 0.202. The quantitative estimate of drug-likeness (QED) is 0.597. The van der Waals surface area contributed by atoms with E-state index in [0.717, 1.165) is 5.06 Å². The minimum Gasteiger partial charge on any atom is -0.262 e. The maximum absolute atomic E-state index is 11.5. The second-order valence-corrected chi connectivity index (χ2v) is 3.68.